The molecule has 2 rings (SSSR count). The summed E-state index contributed by atoms with van der Waals surface area (Å²) in [7, 11) is -1.93. The predicted octanol–water partition coefficient (Wildman–Crippen LogP) is 2.28. The maximum absolute atomic E-state index is 12.2. The smallest absolute Gasteiger partial charge is 0.269 e. The second-order valence-electron chi connectivity index (χ2n) is 3.84. The molecule has 0 N–H and O–H groups in total. The van der Waals surface area contributed by atoms with Crippen molar-refractivity contribution in [2.45, 2.75) is 0 Å². The number of non-ortho nitro benzene ring substituents is 2. The molecule has 0 aliphatic heterocycles. The van der Waals surface area contributed by atoms with Crippen molar-refractivity contribution in [1.82, 2.24) is 0 Å². The van der Waals surface area contributed by atoms with Gasteiger partial charge in [0.05, 0.1) is 9.85 Å². The number of nitrogens with zero attached hydrogens (tertiary/aromatic N) is 2. The largest absolute Gasteiger partial charge is 0.277 e. The highest BCUT2D eigenvalue weighted by atomic mass is 31.1. The van der Waals surface area contributed by atoms with E-state index in [2.05, 4.69) is 0 Å². The second kappa shape index (κ2) is 5.54. The average molecular weight is 291 g/mol. The van der Waals surface area contributed by atoms with Gasteiger partial charge in [0.15, 0.2) is 0 Å². The van der Waals surface area contributed by atoms with E-state index in [1.165, 1.54) is 48.5 Å². The summed E-state index contributed by atoms with van der Waals surface area (Å²) in [4.78, 5) is 20.0. The standard InChI is InChI=1S/C12H8N2O5P/c15-13(16)9-1-5-11(6-2-9)20(19)12-7-3-10(4-8-12)14(17)18/h1-8H. The van der Waals surface area contributed by atoms with E-state index in [0.29, 0.717) is 10.6 Å². The van der Waals surface area contributed by atoms with Gasteiger partial charge in [-0.1, -0.05) is 0 Å². The average Bonchev–Trinajstić information content (AvgIpc) is 2.46. The third kappa shape index (κ3) is 2.84. The highest BCUT2D eigenvalue weighted by Crippen LogP contribution is 2.22. The Morgan fingerprint density at radius 3 is 1.25 bits per heavy atom. The van der Waals surface area contributed by atoms with Gasteiger partial charge in [-0.25, -0.2) is 0 Å². The van der Waals surface area contributed by atoms with E-state index in [9.17, 15) is 24.8 Å². The van der Waals surface area contributed by atoms with Crippen molar-refractivity contribution in [2.24, 2.45) is 0 Å². The fraction of sp³-hybridized carbons (Fsp3) is 0. The van der Waals surface area contributed by atoms with E-state index < -0.39 is 17.6 Å². The molecule has 0 aliphatic rings. The normalized spacial score (nSPS) is 10.0. The Morgan fingerprint density at radius 1 is 0.700 bits per heavy atom. The number of nitro benzene ring substituents is 2. The molecule has 2 aromatic rings. The monoisotopic (exact) mass is 291 g/mol. The van der Waals surface area contributed by atoms with E-state index in [1.54, 1.807) is 0 Å². The van der Waals surface area contributed by atoms with Crippen LogP contribution < -0.4 is 10.6 Å². The summed E-state index contributed by atoms with van der Waals surface area (Å²) >= 11 is 0. The van der Waals surface area contributed by atoms with Gasteiger partial charge in [-0.2, -0.15) is 0 Å². The lowest BCUT2D eigenvalue weighted by Crippen LogP contribution is -2.06. The van der Waals surface area contributed by atoms with Crippen molar-refractivity contribution in [2.75, 3.05) is 0 Å². The fourth-order valence-electron chi connectivity index (χ4n) is 1.57. The van der Waals surface area contributed by atoms with Crippen LogP contribution in [0.1, 0.15) is 0 Å². The van der Waals surface area contributed by atoms with Crippen LogP contribution in [0.25, 0.3) is 0 Å². The van der Waals surface area contributed by atoms with E-state index >= 15 is 0 Å². The van der Waals surface area contributed by atoms with Crippen molar-refractivity contribution in [1.29, 1.82) is 0 Å². The first kappa shape index (κ1) is 13.8. The Bertz CT molecular complexity index is 622. The predicted molar refractivity (Wildman–Crippen MR) is 73.1 cm³/mol. The number of hydrogen-bond acceptors (Lipinski definition) is 5. The van der Waals surface area contributed by atoms with Crippen LogP contribution in [-0.2, 0) is 4.57 Å². The summed E-state index contributed by atoms with van der Waals surface area (Å²) in [5.41, 5.74) is -0.165. The summed E-state index contributed by atoms with van der Waals surface area (Å²) in [6.45, 7) is 0. The van der Waals surface area contributed by atoms with Gasteiger partial charge in [-0.3, -0.25) is 24.8 Å². The summed E-state index contributed by atoms with van der Waals surface area (Å²) < 4.78 is 12.2. The van der Waals surface area contributed by atoms with Crippen molar-refractivity contribution < 1.29 is 14.4 Å². The third-order valence-electron chi connectivity index (χ3n) is 2.59. The van der Waals surface area contributed by atoms with Gasteiger partial charge in [-0.05, 0) is 24.3 Å². The van der Waals surface area contributed by atoms with Crippen LogP contribution in [0.3, 0.4) is 0 Å². The van der Waals surface area contributed by atoms with Gasteiger partial charge in [-0.15, -0.1) is 0 Å². The van der Waals surface area contributed by atoms with Crippen molar-refractivity contribution in [3.8, 4) is 0 Å². The first-order valence-corrected chi connectivity index (χ1v) is 6.71. The van der Waals surface area contributed by atoms with Crippen LogP contribution in [0.15, 0.2) is 48.5 Å². The minimum atomic E-state index is -1.93. The molecule has 0 spiro atoms. The molecular formula is C12H8N2O5P. The van der Waals surface area contributed by atoms with Gasteiger partial charge in [0.2, 0.25) is 0 Å². The second-order valence-corrected chi connectivity index (χ2v) is 5.46. The molecule has 0 atom stereocenters. The van der Waals surface area contributed by atoms with Crippen LogP contribution in [0.5, 0.6) is 0 Å². The molecule has 20 heavy (non-hydrogen) atoms. The lowest BCUT2D eigenvalue weighted by Gasteiger charge is -2.01. The molecule has 101 valence electrons. The van der Waals surface area contributed by atoms with Crippen LogP contribution in [-0.4, -0.2) is 9.85 Å². The Labute approximate surface area is 113 Å². The molecule has 1 radical (unpaired) electrons. The highest BCUT2D eigenvalue weighted by molar-refractivity contribution is 7.61. The minimum Gasteiger partial charge on any atom is -0.277 e. The summed E-state index contributed by atoms with van der Waals surface area (Å²) in [6, 6.07) is 10.7. The summed E-state index contributed by atoms with van der Waals surface area (Å²) in [5, 5.41) is 21.9. The molecular weight excluding hydrogens is 283 g/mol. The lowest BCUT2D eigenvalue weighted by molar-refractivity contribution is -0.385. The van der Waals surface area contributed by atoms with Gasteiger partial charge in [0.25, 0.3) is 11.4 Å². The first-order valence-electron chi connectivity index (χ1n) is 5.45. The number of rotatable bonds is 4. The first-order chi connectivity index (χ1) is 9.49. The number of nitro groups is 2. The van der Waals surface area contributed by atoms with E-state index in [-0.39, 0.29) is 11.4 Å². The summed E-state index contributed by atoms with van der Waals surface area (Å²) in [6.07, 6.45) is 0. The molecule has 0 heterocycles. The van der Waals surface area contributed by atoms with Gasteiger partial charge < -0.3 is 0 Å². The lowest BCUT2D eigenvalue weighted by atomic mass is 10.3. The third-order valence-corrected chi connectivity index (χ3v) is 4.12. The zero-order valence-electron chi connectivity index (χ0n) is 10.0. The van der Waals surface area contributed by atoms with Gasteiger partial charge in [0, 0.05) is 34.9 Å². The zero-order valence-corrected chi connectivity index (χ0v) is 10.9. The van der Waals surface area contributed by atoms with Crippen molar-refractivity contribution >= 4 is 29.8 Å². The Morgan fingerprint density at radius 2 is 1.00 bits per heavy atom. The molecule has 0 saturated carbocycles. The van der Waals surface area contributed by atoms with Crippen molar-refractivity contribution in [3.63, 3.8) is 0 Å². The molecule has 0 bridgehead atoms. The molecule has 0 unspecified atom stereocenters. The van der Waals surface area contributed by atoms with Crippen LogP contribution >= 0.6 is 7.80 Å². The molecule has 2 aromatic carbocycles. The zero-order chi connectivity index (χ0) is 14.7. The van der Waals surface area contributed by atoms with Crippen LogP contribution in [0, 0.1) is 20.2 Å². The van der Waals surface area contributed by atoms with Gasteiger partial charge >= 0.3 is 0 Å². The van der Waals surface area contributed by atoms with E-state index in [0.717, 1.165) is 0 Å². The minimum absolute atomic E-state index is 0.0825. The quantitative estimate of drug-likeness (QED) is 0.488. The maximum Gasteiger partial charge on any atom is 0.269 e. The Hall–Kier alpha value is -2.66. The Balaban J connectivity index is 2.26. The molecule has 7 nitrogen and oxygen atoms in total. The molecule has 0 fully saturated rings. The number of benzene rings is 2. The van der Waals surface area contributed by atoms with Crippen molar-refractivity contribution in [3.05, 3.63) is 68.8 Å². The summed E-state index contributed by atoms with van der Waals surface area (Å²) in [5.74, 6) is 0. The number of hydrogen-bond donors (Lipinski definition) is 0. The van der Waals surface area contributed by atoms with E-state index in [1.807, 2.05) is 0 Å². The van der Waals surface area contributed by atoms with Crippen LogP contribution in [0.4, 0.5) is 11.4 Å². The molecule has 8 heteroatoms. The molecule has 0 amide bonds. The fourth-order valence-corrected chi connectivity index (χ4v) is 2.71. The van der Waals surface area contributed by atoms with E-state index in [4.69, 9.17) is 0 Å². The van der Waals surface area contributed by atoms with Gasteiger partial charge in [0.1, 0.15) is 7.80 Å². The van der Waals surface area contributed by atoms with Crippen LogP contribution in [0.2, 0.25) is 0 Å². The molecule has 0 saturated heterocycles. The highest BCUT2D eigenvalue weighted by Gasteiger charge is 2.12. The topological polar surface area (TPSA) is 103 Å². The SMILES string of the molecule is O=[N+]([O-])c1ccc([P](=O)c2ccc([N+](=O)[O-])cc2)cc1. The molecule has 0 aliphatic carbocycles. The maximum atomic E-state index is 12.2. The molecule has 0 aromatic heterocycles. The Kier molecular flexibility index (Phi) is 3.81.